The fourth-order valence-electron chi connectivity index (χ4n) is 1.61. The minimum atomic E-state index is -4.40. The van der Waals surface area contributed by atoms with Crippen LogP contribution in [0.1, 0.15) is 5.56 Å². The summed E-state index contributed by atoms with van der Waals surface area (Å²) >= 11 is 5.02. The van der Waals surface area contributed by atoms with Gasteiger partial charge in [-0.25, -0.2) is 0 Å². The third-order valence-electron chi connectivity index (χ3n) is 2.57. The van der Waals surface area contributed by atoms with Crippen LogP contribution in [0.25, 0.3) is 0 Å². The number of aromatic hydroxyl groups is 1. The minimum absolute atomic E-state index is 0.109. The molecule has 2 rings (SSSR count). The van der Waals surface area contributed by atoms with E-state index in [-0.39, 0.29) is 16.5 Å². The van der Waals surface area contributed by atoms with Crippen LogP contribution in [-0.2, 0) is 6.18 Å². The Morgan fingerprint density at radius 2 is 1.57 bits per heavy atom. The third kappa shape index (κ3) is 4.35. The highest BCUT2D eigenvalue weighted by Crippen LogP contribution is 2.30. The molecule has 0 unspecified atom stereocenters. The minimum Gasteiger partial charge on any atom is -0.508 e. The first-order valence-electron chi connectivity index (χ1n) is 5.89. The third-order valence-corrected chi connectivity index (χ3v) is 2.78. The number of thiocarbonyl (C=S) groups is 1. The standard InChI is InChI=1S/C14H11F3N2OS/c15-14(16,17)9-2-1-3-11(8-9)19-13(21)18-10-4-6-12(20)7-5-10/h1-8,20H,(H2,18,19,21). The van der Waals surface area contributed by atoms with E-state index in [0.29, 0.717) is 5.69 Å². The molecule has 3 nitrogen and oxygen atoms in total. The predicted molar refractivity (Wildman–Crippen MR) is 79.4 cm³/mol. The Balaban J connectivity index is 2.04. The van der Waals surface area contributed by atoms with E-state index < -0.39 is 11.7 Å². The van der Waals surface area contributed by atoms with Gasteiger partial charge in [0, 0.05) is 11.4 Å². The first-order chi connectivity index (χ1) is 9.84. The maximum Gasteiger partial charge on any atom is 0.416 e. The molecule has 3 N–H and O–H groups in total. The van der Waals surface area contributed by atoms with Gasteiger partial charge in [-0.05, 0) is 54.7 Å². The van der Waals surface area contributed by atoms with Crippen LogP contribution < -0.4 is 10.6 Å². The summed E-state index contributed by atoms with van der Waals surface area (Å²) in [5.41, 5.74) is 0.0957. The molecule has 0 saturated heterocycles. The predicted octanol–water partition coefficient (Wildman–Crippen LogP) is 4.22. The number of nitrogens with one attached hydrogen (secondary N) is 2. The Labute approximate surface area is 124 Å². The highest BCUT2D eigenvalue weighted by atomic mass is 32.1. The molecule has 0 saturated carbocycles. The van der Waals surface area contributed by atoms with Gasteiger partial charge in [-0.2, -0.15) is 13.2 Å². The molecule has 0 heterocycles. The number of rotatable bonds is 2. The molecular formula is C14H11F3N2OS. The van der Waals surface area contributed by atoms with E-state index in [1.807, 2.05) is 0 Å². The van der Waals surface area contributed by atoms with Crippen molar-refractivity contribution in [2.45, 2.75) is 6.18 Å². The molecule has 0 fully saturated rings. The molecule has 0 spiro atoms. The maximum atomic E-state index is 12.6. The van der Waals surface area contributed by atoms with E-state index in [9.17, 15) is 13.2 Å². The van der Waals surface area contributed by atoms with E-state index >= 15 is 0 Å². The quantitative estimate of drug-likeness (QED) is 0.574. The van der Waals surface area contributed by atoms with Crippen LogP contribution in [0, 0.1) is 0 Å². The molecule has 0 aliphatic rings. The van der Waals surface area contributed by atoms with Crippen molar-refractivity contribution < 1.29 is 18.3 Å². The number of anilines is 2. The van der Waals surface area contributed by atoms with Crippen molar-refractivity contribution >= 4 is 28.7 Å². The van der Waals surface area contributed by atoms with Crippen molar-refractivity contribution in [1.29, 1.82) is 0 Å². The van der Waals surface area contributed by atoms with E-state index in [4.69, 9.17) is 17.3 Å². The second-order valence-corrected chi connectivity index (χ2v) is 4.61. The number of hydrogen-bond acceptors (Lipinski definition) is 2. The Hall–Kier alpha value is -2.28. The van der Waals surface area contributed by atoms with E-state index in [2.05, 4.69) is 10.6 Å². The fourth-order valence-corrected chi connectivity index (χ4v) is 1.85. The summed E-state index contributed by atoms with van der Waals surface area (Å²) in [5, 5.41) is 14.8. The van der Waals surface area contributed by atoms with Crippen molar-refractivity contribution in [3.05, 3.63) is 54.1 Å². The number of halogens is 3. The van der Waals surface area contributed by atoms with Gasteiger partial charge >= 0.3 is 6.18 Å². The first-order valence-corrected chi connectivity index (χ1v) is 6.30. The number of benzene rings is 2. The molecule has 21 heavy (non-hydrogen) atoms. The summed E-state index contributed by atoms with van der Waals surface area (Å²) in [4.78, 5) is 0. The molecular weight excluding hydrogens is 301 g/mol. The Kier molecular flexibility index (Phi) is 4.32. The summed E-state index contributed by atoms with van der Waals surface area (Å²) < 4.78 is 37.8. The molecule has 0 aliphatic heterocycles. The van der Waals surface area contributed by atoms with E-state index in [1.54, 1.807) is 12.1 Å². The summed E-state index contributed by atoms with van der Waals surface area (Å²) in [6.45, 7) is 0. The molecule has 2 aromatic carbocycles. The Morgan fingerprint density at radius 3 is 2.19 bits per heavy atom. The molecule has 0 radical (unpaired) electrons. The second kappa shape index (κ2) is 6.01. The topological polar surface area (TPSA) is 44.3 Å². The Morgan fingerprint density at radius 1 is 0.952 bits per heavy atom. The van der Waals surface area contributed by atoms with Gasteiger partial charge < -0.3 is 15.7 Å². The van der Waals surface area contributed by atoms with Crippen molar-refractivity contribution in [3.63, 3.8) is 0 Å². The van der Waals surface area contributed by atoms with Crippen molar-refractivity contribution in [1.82, 2.24) is 0 Å². The van der Waals surface area contributed by atoms with Crippen LogP contribution in [0.3, 0.4) is 0 Å². The van der Waals surface area contributed by atoms with Gasteiger partial charge in [-0.15, -0.1) is 0 Å². The molecule has 2 aromatic rings. The number of alkyl halides is 3. The van der Waals surface area contributed by atoms with Gasteiger partial charge in [-0.1, -0.05) is 6.07 Å². The second-order valence-electron chi connectivity index (χ2n) is 4.20. The number of phenols is 1. The first kappa shape index (κ1) is 15.1. The fraction of sp³-hybridized carbons (Fsp3) is 0.0714. The van der Waals surface area contributed by atoms with Crippen LogP contribution in [-0.4, -0.2) is 10.2 Å². The van der Waals surface area contributed by atoms with Crippen molar-refractivity contribution in [3.8, 4) is 5.75 Å². The summed E-state index contributed by atoms with van der Waals surface area (Å²) in [6.07, 6.45) is -4.40. The smallest absolute Gasteiger partial charge is 0.416 e. The molecule has 0 bridgehead atoms. The van der Waals surface area contributed by atoms with Gasteiger partial charge in [-0.3, -0.25) is 0 Å². The molecule has 0 atom stereocenters. The van der Waals surface area contributed by atoms with Gasteiger partial charge in [0.25, 0.3) is 0 Å². The maximum absolute atomic E-state index is 12.6. The summed E-state index contributed by atoms with van der Waals surface area (Å²) in [5.74, 6) is 0.109. The van der Waals surface area contributed by atoms with E-state index in [1.165, 1.54) is 24.3 Å². The van der Waals surface area contributed by atoms with E-state index in [0.717, 1.165) is 12.1 Å². The van der Waals surface area contributed by atoms with Gasteiger partial charge in [0.15, 0.2) is 5.11 Å². The lowest BCUT2D eigenvalue weighted by Gasteiger charge is -2.12. The van der Waals surface area contributed by atoms with Crippen LogP contribution in [0.2, 0.25) is 0 Å². The van der Waals surface area contributed by atoms with Crippen LogP contribution in [0.4, 0.5) is 24.5 Å². The van der Waals surface area contributed by atoms with Crippen LogP contribution in [0.15, 0.2) is 48.5 Å². The Bertz CT molecular complexity index is 641. The molecule has 7 heteroatoms. The highest BCUT2D eigenvalue weighted by Gasteiger charge is 2.30. The van der Waals surface area contributed by atoms with Crippen LogP contribution >= 0.6 is 12.2 Å². The van der Waals surface area contributed by atoms with Gasteiger partial charge in [0.2, 0.25) is 0 Å². The number of hydrogen-bond donors (Lipinski definition) is 3. The zero-order valence-electron chi connectivity index (χ0n) is 10.6. The van der Waals surface area contributed by atoms with Gasteiger partial charge in [0.1, 0.15) is 5.75 Å². The van der Waals surface area contributed by atoms with Crippen LogP contribution in [0.5, 0.6) is 5.75 Å². The molecule has 0 aliphatic carbocycles. The van der Waals surface area contributed by atoms with Crippen molar-refractivity contribution in [2.75, 3.05) is 10.6 Å². The lowest BCUT2D eigenvalue weighted by molar-refractivity contribution is -0.137. The normalized spacial score (nSPS) is 11.0. The lowest BCUT2D eigenvalue weighted by Crippen LogP contribution is -2.19. The van der Waals surface area contributed by atoms with Gasteiger partial charge in [0.05, 0.1) is 5.56 Å². The average Bonchev–Trinajstić information content (AvgIpc) is 2.41. The SMILES string of the molecule is Oc1ccc(NC(=S)Nc2cccc(C(F)(F)F)c2)cc1. The summed E-state index contributed by atoms with van der Waals surface area (Å²) in [6, 6.07) is 10.9. The summed E-state index contributed by atoms with van der Waals surface area (Å²) in [7, 11) is 0. The zero-order chi connectivity index (χ0) is 15.5. The lowest BCUT2D eigenvalue weighted by atomic mass is 10.2. The highest BCUT2D eigenvalue weighted by molar-refractivity contribution is 7.80. The molecule has 0 aromatic heterocycles. The molecule has 0 amide bonds. The average molecular weight is 312 g/mol. The van der Waals surface area contributed by atoms with Crippen molar-refractivity contribution in [2.24, 2.45) is 0 Å². The zero-order valence-corrected chi connectivity index (χ0v) is 11.4. The number of phenolic OH excluding ortho intramolecular Hbond substituents is 1. The largest absolute Gasteiger partial charge is 0.508 e. The molecule has 110 valence electrons. The monoisotopic (exact) mass is 312 g/mol.